The zero-order valence-electron chi connectivity index (χ0n) is 21.6. The molecule has 0 bridgehead atoms. The third kappa shape index (κ3) is 11.6. The maximum atomic E-state index is 13.2. The highest BCUT2D eigenvalue weighted by molar-refractivity contribution is 6.06. The number of aliphatic imine (C=N–C) groups is 1. The Bertz CT molecular complexity index is 936. The number of amides is 3. The minimum atomic E-state index is -1.58. The summed E-state index contributed by atoms with van der Waals surface area (Å²) in [5, 5.41) is 12.1. The molecule has 1 aromatic rings. The van der Waals surface area contributed by atoms with Gasteiger partial charge in [0.05, 0.1) is 0 Å². The number of carboxylic acids is 1. The number of benzene rings is 1. The van der Waals surface area contributed by atoms with Gasteiger partial charge in [-0.1, -0.05) is 30.3 Å². The molecular formula is C24H36N4O8. The summed E-state index contributed by atoms with van der Waals surface area (Å²) in [7, 11) is 0. The number of alkyl carbamates (subject to hydrolysis) is 1. The van der Waals surface area contributed by atoms with Crippen molar-refractivity contribution in [2.45, 2.75) is 78.2 Å². The third-order valence-electron chi connectivity index (χ3n) is 4.11. The van der Waals surface area contributed by atoms with Crippen molar-refractivity contribution in [3.05, 3.63) is 35.9 Å². The van der Waals surface area contributed by atoms with E-state index >= 15 is 0 Å². The van der Waals surface area contributed by atoms with Crippen molar-refractivity contribution >= 4 is 30.2 Å². The Morgan fingerprint density at radius 1 is 1.03 bits per heavy atom. The molecule has 0 aliphatic rings. The van der Waals surface area contributed by atoms with Gasteiger partial charge in [0.15, 0.2) is 0 Å². The van der Waals surface area contributed by atoms with Crippen LogP contribution in [0.3, 0.4) is 0 Å². The molecule has 0 aliphatic heterocycles. The number of aliphatic carboxylic acids is 1. The van der Waals surface area contributed by atoms with E-state index in [1.165, 1.54) is 0 Å². The molecule has 0 saturated carbocycles. The van der Waals surface area contributed by atoms with Gasteiger partial charge < -0.3 is 25.1 Å². The van der Waals surface area contributed by atoms with Crippen LogP contribution in [0, 0.1) is 0 Å². The molecule has 200 valence electrons. The van der Waals surface area contributed by atoms with E-state index < -0.39 is 47.5 Å². The first kappa shape index (κ1) is 30.4. The van der Waals surface area contributed by atoms with Gasteiger partial charge >= 0.3 is 24.2 Å². The van der Waals surface area contributed by atoms with E-state index in [-0.39, 0.29) is 26.0 Å². The van der Waals surface area contributed by atoms with Gasteiger partial charge in [0.25, 0.3) is 0 Å². The molecule has 1 atom stereocenters. The van der Waals surface area contributed by atoms with Crippen molar-refractivity contribution in [3.63, 3.8) is 0 Å². The molecular weight excluding hydrogens is 472 g/mol. The fraction of sp³-hybridized carbons (Fsp3) is 0.542. The highest BCUT2D eigenvalue weighted by Crippen LogP contribution is 2.15. The Labute approximate surface area is 210 Å². The first-order valence-electron chi connectivity index (χ1n) is 11.4. The number of nitrogens with one attached hydrogen (secondary N) is 1. The van der Waals surface area contributed by atoms with Crippen LogP contribution in [-0.2, 0) is 25.6 Å². The van der Waals surface area contributed by atoms with Crippen LogP contribution in [0.5, 0.6) is 0 Å². The molecule has 12 heteroatoms. The average Bonchev–Trinajstić information content (AvgIpc) is 2.72. The maximum absolute atomic E-state index is 13.2. The second-order valence-electron chi connectivity index (χ2n) is 9.74. The van der Waals surface area contributed by atoms with Crippen LogP contribution in [0.4, 0.5) is 14.4 Å². The fourth-order valence-electron chi connectivity index (χ4n) is 2.73. The van der Waals surface area contributed by atoms with Gasteiger partial charge in [-0.3, -0.25) is 5.32 Å². The van der Waals surface area contributed by atoms with Crippen molar-refractivity contribution in [1.29, 1.82) is 0 Å². The van der Waals surface area contributed by atoms with E-state index in [1.807, 2.05) is 0 Å². The van der Waals surface area contributed by atoms with Crippen molar-refractivity contribution in [2.75, 3.05) is 6.54 Å². The molecule has 3 amide bonds. The molecule has 0 aromatic heterocycles. The Hall–Kier alpha value is -3.67. The number of hydrogen-bond donors (Lipinski definition) is 3. The van der Waals surface area contributed by atoms with Gasteiger partial charge in [-0.25, -0.2) is 24.1 Å². The minimum absolute atomic E-state index is 0.115. The second-order valence-corrected chi connectivity index (χ2v) is 9.74. The molecule has 0 unspecified atom stereocenters. The van der Waals surface area contributed by atoms with Crippen molar-refractivity contribution in [2.24, 2.45) is 10.7 Å². The number of nitrogens with zero attached hydrogens (tertiary/aromatic N) is 2. The number of carbonyl (C=O) groups excluding carboxylic acids is 3. The molecule has 0 radical (unpaired) electrons. The third-order valence-corrected chi connectivity index (χ3v) is 4.11. The van der Waals surface area contributed by atoms with E-state index in [4.69, 9.17) is 19.9 Å². The molecule has 1 aromatic carbocycles. The van der Waals surface area contributed by atoms with Crippen LogP contribution in [0.1, 0.15) is 59.9 Å². The molecule has 12 nitrogen and oxygen atoms in total. The van der Waals surface area contributed by atoms with E-state index in [2.05, 4.69) is 10.3 Å². The number of carbonyl (C=O) groups is 4. The highest BCUT2D eigenvalue weighted by Gasteiger charge is 2.37. The molecule has 4 N–H and O–H groups in total. The first-order chi connectivity index (χ1) is 16.6. The van der Waals surface area contributed by atoms with Crippen molar-refractivity contribution in [1.82, 2.24) is 10.2 Å². The Balaban J connectivity index is 3.47. The van der Waals surface area contributed by atoms with Crippen LogP contribution < -0.4 is 11.1 Å². The number of carboxylic acid groups (broad SMARTS) is 1. The lowest BCUT2D eigenvalue weighted by atomic mass is 10.1. The quantitative estimate of drug-likeness (QED) is 0.283. The zero-order valence-corrected chi connectivity index (χ0v) is 21.6. The first-order valence-corrected chi connectivity index (χ1v) is 11.4. The smallest absolute Gasteiger partial charge is 0.437 e. The number of ether oxygens (including phenoxy) is 3. The lowest BCUT2D eigenvalue weighted by molar-refractivity contribution is -0.141. The zero-order chi connectivity index (χ0) is 27.5. The van der Waals surface area contributed by atoms with Crippen LogP contribution in [-0.4, -0.2) is 64.0 Å². The summed E-state index contributed by atoms with van der Waals surface area (Å²) in [4.78, 5) is 54.6. The molecule has 0 saturated heterocycles. The van der Waals surface area contributed by atoms with E-state index in [1.54, 1.807) is 71.9 Å². The summed E-state index contributed by atoms with van der Waals surface area (Å²) in [5.74, 6) is -2.15. The topological polar surface area (TPSA) is 170 Å². The van der Waals surface area contributed by atoms with Crippen molar-refractivity contribution in [3.8, 4) is 0 Å². The van der Waals surface area contributed by atoms with Gasteiger partial charge in [-0.05, 0) is 66.5 Å². The van der Waals surface area contributed by atoms with E-state index in [0.717, 1.165) is 0 Å². The SMILES string of the molecule is CC(C)(C)OC(=O)/N=C(\NC(=O)OC(C)(C)C)N(C(=O)OCc1ccccc1)[C@@H](CCCN)C(=O)O. The summed E-state index contributed by atoms with van der Waals surface area (Å²) < 4.78 is 15.7. The van der Waals surface area contributed by atoms with Gasteiger partial charge in [0.1, 0.15) is 23.9 Å². The summed E-state index contributed by atoms with van der Waals surface area (Å²) >= 11 is 0. The van der Waals surface area contributed by atoms with Crippen LogP contribution in [0.2, 0.25) is 0 Å². The largest absolute Gasteiger partial charge is 0.480 e. The second kappa shape index (κ2) is 13.4. The van der Waals surface area contributed by atoms with Gasteiger partial charge in [0.2, 0.25) is 5.96 Å². The summed E-state index contributed by atoms with van der Waals surface area (Å²) in [6.07, 6.45) is -3.31. The summed E-state index contributed by atoms with van der Waals surface area (Å²) in [6, 6.07) is 7.09. The standard InChI is InChI=1S/C24H36N4O8/c1-23(2,3)35-20(31)26-19(27-21(32)36-24(4,5)6)28(17(18(29)30)13-10-14-25)22(33)34-15-16-11-8-7-9-12-16/h7-9,11-12,17H,10,13-15,25H2,1-6H3,(H,29,30)(H,26,27,31,32)/t17-/m0/s1. The Morgan fingerprint density at radius 3 is 2.11 bits per heavy atom. The summed E-state index contributed by atoms with van der Waals surface area (Å²) in [6.45, 7) is 9.51. The number of hydrogen-bond acceptors (Lipinski definition) is 8. The van der Waals surface area contributed by atoms with Crippen LogP contribution in [0.25, 0.3) is 0 Å². The molecule has 0 fully saturated rings. The maximum Gasteiger partial charge on any atom is 0.437 e. The molecule has 36 heavy (non-hydrogen) atoms. The lowest BCUT2D eigenvalue weighted by Gasteiger charge is -2.30. The lowest BCUT2D eigenvalue weighted by Crippen LogP contribution is -2.55. The van der Waals surface area contributed by atoms with Gasteiger partial charge in [-0.2, -0.15) is 0 Å². The van der Waals surface area contributed by atoms with Gasteiger partial charge in [0, 0.05) is 0 Å². The monoisotopic (exact) mass is 508 g/mol. The fourth-order valence-corrected chi connectivity index (χ4v) is 2.73. The predicted molar refractivity (Wildman–Crippen MR) is 131 cm³/mol. The number of nitrogens with two attached hydrogens (primary N) is 1. The number of rotatable bonds is 7. The predicted octanol–water partition coefficient (Wildman–Crippen LogP) is 3.63. The Morgan fingerprint density at radius 2 is 1.61 bits per heavy atom. The Kier molecular flexibility index (Phi) is 11.3. The van der Waals surface area contributed by atoms with E-state index in [9.17, 15) is 24.3 Å². The average molecular weight is 509 g/mol. The number of guanidine groups is 1. The molecule has 0 heterocycles. The summed E-state index contributed by atoms with van der Waals surface area (Å²) in [5.41, 5.74) is 4.28. The molecule has 0 aliphatic carbocycles. The normalized spacial score (nSPS) is 12.8. The molecule has 0 spiro atoms. The molecule has 1 rings (SSSR count). The van der Waals surface area contributed by atoms with Crippen LogP contribution in [0.15, 0.2) is 35.3 Å². The minimum Gasteiger partial charge on any atom is -0.480 e. The van der Waals surface area contributed by atoms with Crippen molar-refractivity contribution < 1.29 is 38.5 Å². The van der Waals surface area contributed by atoms with E-state index in [0.29, 0.717) is 10.5 Å². The van der Waals surface area contributed by atoms with Gasteiger partial charge in [-0.15, -0.1) is 4.99 Å². The highest BCUT2D eigenvalue weighted by atomic mass is 16.6. The van der Waals surface area contributed by atoms with Crippen LogP contribution >= 0.6 is 0 Å².